The summed E-state index contributed by atoms with van der Waals surface area (Å²) in [5.74, 6) is -5.33. The molecule has 2 aliphatic heterocycles. The van der Waals surface area contributed by atoms with Gasteiger partial charge in [-0.25, -0.2) is 14.6 Å². The van der Waals surface area contributed by atoms with Crippen molar-refractivity contribution in [2.75, 3.05) is 5.73 Å². The number of nitrogens with zero attached hydrogens (tertiary/aromatic N) is 1. The number of carbonyl (C=O) groups is 2. The minimum atomic E-state index is -2.23. The van der Waals surface area contributed by atoms with E-state index in [2.05, 4.69) is 4.98 Å². The van der Waals surface area contributed by atoms with Gasteiger partial charge in [0.25, 0.3) is 0 Å². The van der Waals surface area contributed by atoms with Crippen LogP contribution < -0.4 is 15.9 Å². The zero-order valence-electron chi connectivity index (χ0n) is 26.9. The zero-order chi connectivity index (χ0) is 38.5. The Kier molecular flexibility index (Phi) is 10.1. The summed E-state index contributed by atoms with van der Waals surface area (Å²) in [5.41, 5.74) is 5.09. The van der Waals surface area contributed by atoms with Gasteiger partial charge in [-0.2, -0.15) is 0 Å². The fraction of sp³-hybridized carbons (Fsp3) is 0.333. The molecule has 4 heterocycles. The minimum Gasteiger partial charge on any atom is -0.507 e. The molecule has 2 saturated heterocycles. The monoisotopic (exact) mass is 744 g/mol. The summed E-state index contributed by atoms with van der Waals surface area (Å²) in [5, 5.41) is 103. The first-order chi connectivity index (χ1) is 25.0. The molecule has 20 heteroatoms. The molecule has 4 aromatic rings. The third kappa shape index (κ3) is 7.12. The van der Waals surface area contributed by atoms with Crippen LogP contribution in [0.3, 0.4) is 0 Å². The minimum absolute atomic E-state index is 0.118. The fourth-order valence-electron chi connectivity index (χ4n) is 5.76. The molecule has 10 unspecified atom stereocenters. The number of nitrogen functional groups attached to an aromatic ring is 1. The maximum atomic E-state index is 13.4. The van der Waals surface area contributed by atoms with Crippen LogP contribution in [-0.4, -0.2) is 129 Å². The van der Waals surface area contributed by atoms with Crippen molar-refractivity contribution in [2.24, 2.45) is 0 Å². The quantitative estimate of drug-likeness (QED) is 0.0671. The summed E-state index contributed by atoms with van der Waals surface area (Å²) in [4.78, 5) is 42.0. The molecular weight excluding hydrogens is 712 g/mol. The number of carbonyl (C=O) groups excluding carboxylic acids is 1. The Morgan fingerprint density at radius 1 is 0.792 bits per heavy atom. The van der Waals surface area contributed by atoms with E-state index in [4.69, 9.17) is 29.1 Å². The van der Waals surface area contributed by atoms with Crippen molar-refractivity contribution < 1.29 is 84.0 Å². The van der Waals surface area contributed by atoms with Gasteiger partial charge in [-0.3, -0.25) is 4.79 Å². The number of carboxylic acid groups (broad SMARTS) is 1. The Morgan fingerprint density at radius 2 is 1.45 bits per heavy atom. The molecule has 53 heavy (non-hydrogen) atoms. The smallest absolute Gasteiger partial charge is 0.340 e. The van der Waals surface area contributed by atoms with Crippen molar-refractivity contribution in [3.05, 3.63) is 70.0 Å². The van der Waals surface area contributed by atoms with Crippen LogP contribution in [0.25, 0.3) is 22.3 Å². The van der Waals surface area contributed by atoms with Gasteiger partial charge in [0.05, 0.1) is 0 Å². The van der Waals surface area contributed by atoms with Gasteiger partial charge in [-0.15, -0.1) is 0 Å². The molecule has 2 aromatic carbocycles. The lowest BCUT2D eigenvalue weighted by Gasteiger charge is -2.41. The van der Waals surface area contributed by atoms with Crippen LogP contribution in [0.1, 0.15) is 11.1 Å². The molecule has 20 nitrogen and oxygen atoms in total. The molecule has 10 atom stereocenters. The van der Waals surface area contributed by atoms with Gasteiger partial charge in [-0.1, -0.05) is 6.07 Å². The van der Waals surface area contributed by atoms with E-state index in [0.29, 0.717) is 5.56 Å². The van der Waals surface area contributed by atoms with E-state index in [1.807, 2.05) is 0 Å². The Balaban J connectivity index is 1.36. The molecule has 2 aromatic heterocycles. The van der Waals surface area contributed by atoms with Crippen LogP contribution in [0.2, 0.25) is 0 Å². The summed E-state index contributed by atoms with van der Waals surface area (Å²) in [6.07, 6.45) is -20.5. The second-order valence-corrected chi connectivity index (χ2v) is 12.2. The first-order valence-electron chi connectivity index (χ1n) is 15.6. The molecule has 2 aliphatic rings. The van der Waals surface area contributed by atoms with Crippen molar-refractivity contribution in [1.29, 1.82) is 0 Å². The molecule has 282 valence electrons. The van der Waals surface area contributed by atoms with Crippen molar-refractivity contribution in [3.63, 3.8) is 0 Å². The first kappa shape index (κ1) is 37.2. The number of fused-ring (bicyclic) bond motifs is 1. The average Bonchev–Trinajstić information content (AvgIpc) is 3.11. The van der Waals surface area contributed by atoms with E-state index < -0.39 is 96.0 Å². The summed E-state index contributed by atoms with van der Waals surface area (Å²) in [7, 11) is 0. The maximum Gasteiger partial charge on any atom is 0.340 e. The number of esters is 1. The maximum absolute atomic E-state index is 13.4. The van der Waals surface area contributed by atoms with Crippen LogP contribution in [0.15, 0.2) is 57.9 Å². The van der Waals surface area contributed by atoms with Gasteiger partial charge >= 0.3 is 11.9 Å². The van der Waals surface area contributed by atoms with Crippen LogP contribution in [0.5, 0.6) is 23.0 Å². The Hall–Kier alpha value is -5.58. The predicted octanol–water partition coefficient (Wildman–Crippen LogP) is -2.23. The number of hydrogen-bond acceptors (Lipinski definition) is 19. The second-order valence-electron chi connectivity index (χ2n) is 12.2. The number of benzene rings is 2. The normalized spacial score (nSPS) is 28.7. The van der Waals surface area contributed by atoms with E-state index >= 15 is 0 Å². The molecule has 0 aliphatic carbocycles. The van der Waals surface area contributed by atoms with Gasteiger partial charge in [0.2, 0.25) is 12.6 Å². The number of pyridine rings is 1. The van der Waals surface area contributed by atoms with E-state index in [1.54, 1.807) is 6.07 Å². The Labute approximate surface area is 295 Å². The largest absolute Gasteiger partial charge is 0.507 e. The topological polar surface area (TPSA) is 342 Å². The number of nitrogens with two attached hydrogens (primary N) is 1. The highest BCUT2D eigenvalue weighted by Crippen LogP contribution is 2.40. The lowest BCUT2D eigenvalue weighted by atomic mass is 9.97. The molecular formula is C33H32N2O18. The highest BCUT2D eigenvalue weighted by Gasteiger charge is 2.52. The lowest BCUT2D eigenvalue weighted by molar-refractivity contribution is -0.302. The van der Waals surface area contributed by atoms with Crippen LogP contribution in [-0.2, 0) is 30.2 Å². The molecule has 0 amide bonds. The number of anilines is 1. The number of phenols is 3. The van der Waals surface area contributed by atoms with Gasteiger partial charge in [-0.05, 0) is 29.8 Å². The first-order valence-corrected chi connectivity index (χ1v) is 15.6. The van der Waals surface area contributed by atoms with E-state index in [0.717, 1.165) is 24.3 Å². The molecule has 6 rings (SSSR count). The van der Waals surface area contributed by atoms with Gasteiger partial charge in [0.15, 0.2) is 29.1 Å². The average molecular weight is 745 g/mol. The molecule has 12 N–H and O–H groups in total. The number of aromatic hydroxyl groups is 3. The number of phenolic OH excluding ortho intramolecular Hbond substituents is 3. The number of rotatable bonds is 8. The van der Waals surface area contributed by atoms with Crippen molar-refractivity contribution >= 4 is 28.7 Å². The van der Waals surface area contributed by atoms with Gasteiger partial charge in [0, 0.05) is 35.9 Å². The summed E-state index contributed by atoms with van der Waals surface area (Å²) in [6, 6.07) is 8.73. The summed E-state index contributed by atoms with van der Waals surface area (Å²) in [6.45, 7) is 0. The standard InChI is InChI=1S/C33H32N2O18/c34-19-4-1-10(9-35-19)5-12-17(8-18-20(21(12)39)15(38)7-16(49-18)11-2-3-13(36)14(37)6-11)50-32-26(44)23(41)25(43)29(52-32)31(48)53-33-27(45)22(40)24(42)28(51-33)30(46)47/h1-4,6-9,22-29,32-33,36-37,39-45H,5H2,(H2,34,35)(H,46,47). The van der Waals surface area contributed by atoms with Crippen LogP contribution >= 0.6 is 0 Å². The van der Waals surface area contributed by atoms with E-state index in [1.165, 1.54) is 18.3 Å². The van der Waals surface area contributed by atoms with Gasteiger partial charge in [0.1, 0.15) is 70.7 Å². The van der Waals surface area contributed by atoms with E-state index in [9.17, 15) is 65.4 Å². The number of aromatic nitrogens is 1. The number of hydrogen-bond donors (Lipinski definition) is 11. The number of aliphatic hydroxyl groups excluding tert-OH is 6. The number of aliphatic carboxylic acids is 1. The lowest BCUT2D eigenvalue weighted by Crippen LogP contribution is -2.63. The molecule has 0 saturated carbocycles. The van der Waals surface area contributed by atoms with Crippen molar-refractivity contribution in [2.45, 2.75) is 67.8 Å². The number of aliphatic hydroxyl groups is 6. The fourth-order valence-corrected chi connectivity index (χ4v) is 5.76. The predicted molar refractivity (Wildman–Crippen MR) is 172 cm³/mol. The van der Waals surface area contributed by atoms with E-state index in [-0.39, 0.29) is 45.8 Å². The van der Waals surface area contributed by atoms with Crippen LogP contribution in [0, 0.1) is 0 Å². The number of ether oxygens (including phenoxy) is 4. The highest BCUT2D eigenvalue weighted by atomic mass is 16.7. The molecule has 0 radical (unpaired) electrons. The van der Waals surface area contributed by atoms with Crippen molar-refractivity contribution in [3.8, 4) is 34.3 Å². The second kappa shape index (κ2) is 14.4. The zero-order valence-corrected chi connectivity index (χ0v) is 26.9. The SMILES string of the molecule is Nc1ccc(Cc2c(OC3OC(C(=O)OC4OC(C(=O)O)C(O)C(O)C4O)C(O)C(O)C3O)cc3oc(-c4ccc(O)c(O)c4)cc(=O)c3c2O)cn1. The number of carboxylic acids is 1. The van der Waals surface area contributed by atoms with Gasteiger partial charge < -0.3 is 80.2 Å². The van der Waals surface area contributed by atoms with Crippen molar-refractivity contribution in [1.82, 2.24) is 4.98 Å². The third-order valence-corrected chi connectivity index (χ3v) is 8.64. The highest BCUT2D eigenvalue weighted by molar-refractivity contribution is 5.88. The summed E-state index contributed by atoms with van der Waals surface area (Å²) >= 11 is 0. The molecule has 0 spiro atoms. The Morgan fingerprint density at radius 3 is 2.09 bits per heavy atom. The third-order valence-electron chi connectivity index (χ3n) is 8.64. The van der Waals surface area contributed by atoms with Crippen LogP contribution in [0.4, 0.5) is 5.82 Å². The molecule has 0 bridgehead atoms. The summed E-state index contributed by atoms with van der Waals surface area (Å²) < 4.78 is 27.1. The molecule has 2 fully saturated rings. The Bertz CT molecular complexity index is 2090.